The summed E-state index contributed by atoms with van der Waals surface area (Å²) in [6.45, 7) is 5.36. The quantitative estimate of drug-likeness (QED) is 0.867. The number of amides is 1. The van der Waals surface area contributed by atoms with Gasteiger partial charge in [0.2, 0.25) is 5.91 Å². The predicted octanol–water partition coefficient (Wildman–Crippen LogP) is 1.99. The van der Waals surface area contributed by atoms with Crippen LogP contribution in [-0.2, 0) is 17.9 Å². The zero-order valence-electron chi connectivity index (χ0n) is 14.9. The molecule has 1 saturated heterocycles. The Morgan fingerprint density at radius 3 is 2.35 bits per heavy atom. The number of hydrogen-bond acceptors (Lipinski definition) is 4. The first-order chi connectivity index (χ1) is 12.7. The number of rotatable bonds is 6. The molecule has 1 N–H and O–H groups in total. The predicted molar refractivity (Wildman–Crippen MR) is 101 cm³/mol. The second kappa shape index (κ2) is 9.14. The summed E-state index contributed by atoms with van der Waals surface area (Å²) in [5.41, 5.74) is 2.93. The Hall–Kier alpha value is -2.68. The van der Waals surface area contributed by atoms with Crippen LogP contribution >= 0.6 is 0 Å². The van der Waals surface area contributed by atoms with E-state index in [9.17, 15) is 10.1 Å². The number of nitrogens with one attached hydrogen (secondary N) is 1. The lowest BCUT2D eigenvalue weighted by molar-refractivity contribution is -0.122. The van der Waals surface area contributed by atoms with Crippen molar-refractivity contribution < 1.29 is 4.79 Å². The van der Waals surface area contributed by atoms with Gasteiger partial charge in [0, 0.05) is 39.3 Å². The van der Waals surface area contributed by atoms with E-state index < -0.39 is 0 Å². The number of benzene rings is 2. The highest BCUT2D eigenvalue weighted by Crippen LogP contribution is 2.12. The van der Waals surface area contributed by atoms with E-state index in [2.05, 4.69) is 21.2 Å². The van der Waals surface area contributed by atoms with Crippen LogP contribution in [0.15, 0.2) is 54.6 Å². The van der Waals surface area contributed by atoms with E-state index in [1.165, 1.54) is 0 Å². The third-order valence-corrected chi connectivity index (χ3v) is 4.70. The molecule has 0 atom stereocenters. The first-order valence-corrected chi connectivity index (χ1v) is 8.98. The van der Waals surface area contributed by atoms with Gasteiger partial charge in [-0.3, -0.25) is 14.6 Å². The van der Waals surface area contributed by atoms with Crippen molar-refractivity contribution in [3.8, 4) is 6.07 Å². The highest BCUT2D eigenvalue weighted by molar-refractivity contribution is 5.78. The molecule has 1 heterocycles. The molecule has 0 saturated carbocycles. The molecule has 2 aromatic carbocycles. The lowest BCUT2D eigenvalue weighted by Crippen LogP contribution is -2.49. The van der Waals surface area contributed by atoms with Gasteiger partial charge >= 0.3 is 0 Å². The van der Waals surface area contributed by atoms with Crippen LogP contribution in [0.3, 0.4) is 0 Å². The Morgan fingerprint density at radius 1 is 0.962 bits per heavy atom. The van der Waals surface area contributed by atoms with Gasteiger partial charge < -0.3 is 5.32 Å². The van der Waals surface area contributed by atoms with Crippen LogP contribution in [0.2, 0.25) is 0 Å². The Kier molecular flexibility index (Phi) is 6.37. The van der Waals surface area contributed by atoms with Crippen LogP contribution in [-0.4, -0.2) is 48.4 Å². The van der Waals surface area contributed by atoms with Crippen LogP contribution < -0.4 is 5.32 Å². The van der Waals surface area contributed by atoms with Crippen molar-refractivity contribution in [1.82, 2.24) is 15.1 Å². The summed E-state index contributed by atoms with van der Waals surface area (Å²) in [7, 11) is 0. The zero-order chi connectivity index (χ0) is 18.2. The molecule has 0 spiro atoms. The van der Waals surface area contributed by atoms with Crippen molar-refractivity contribution in [3.05, 3.63) is 71.3 Å². The molecule has 1 aliphatic heterocycles. The fourth-order valence-corrected chi connectivity index (χ4v) is 3.17. The SMILES string of the molecule is N#Cc1ccccc1CN1CCN(CC(=O)NCc2ccccc2)CC1. The summed E-state index contributed by atoms with van der Waals surface area (Å²) >= 11 is 0. The van der Waals surface area contributed by atoms with E-state index in [1.54, 1.807) is 0 Å². The Morgan fingerprint density at radius 2 is 1.62 bits per heavy atom. The molecule has 0 radical (unpaired) electrons. The molecule has 0 aliphatic carbocycles. The average molecular weight is 348 g/mol. The summed E-state index contributed by atoms with van der Waals surface area (Å²) in [6, 6.07) is 20.0. The number of nitriles is 1. The van der Waals surface area contributed by atoms with Gasteiger partial charge in [-0.2, -0.15) is 5.26 Å². The van der Waals surface area contributed by atoms with Crippen molar-refractivity contribution in [2.75, 3.05) is 32.7 Å². The maximum atomic E-state index is 12.1. The van der Waals surface area contributed by atoms with E-state index in [-0.39, 0.29) is 5.91 Å². The maximum Gasteiger partial charge on any atom is 0.234 e. The van der Waals surface area contributed by atoms with E-state index in [0.29, 0.717) is 13.1 Å². The Bertz CT molecular complexity index is 761. The molecule has 1 aliphatic rings. The summed E-state index contributed by atoms with van der Waals surface area (Å²) in [4.78, 5) is 16.7. The van der Waals surface area contributed by atoms with Crippen molar-refractivity contribution in [3.63, 3.8) is 0 Å². The minimum atomic E-state index is 0.0668. The molecular weight excluding hydrogens is 324 g/mol. The summed E-state index contributed by atoms with van der Waals surface area (Å²) in [5.74, 6) is 0.0668. The lowest BCUT2D eigenvalue weighted by atomic mass is 10.1. The van der Waals surface area contributed by atoms with Gasteiger partial charge in [-0.1, -0.05) is 48.5 Å². The maximum absolute atomic E-state index is 12.1. The van der Waals surface area contributed by atoms with Gasteiger partial charge in [0.1, 0.15) is 0 Å². The molecule has 26 heavy (non-hydrogen) atoms. The van der Waals surface area contributed by atoms with Gasteiger partial charge in [-0.15, -0.1) is 0 Å². The molecule has 134 valence electrons. The molecule has 5 nitrogen and oxygen atoms in total. The molecule has 0 unspecified atom stereocenters. The summed E-state index contributed by atoms with van der Waals surface area (Å²) in [6.07, 6.45) is 0. The smallest absolute Gasteiger partial charge is 0.234 e. The van der Waals surface area contributed by atoms with Crippen molar-refractivity contribution in [2.45, 2.75) is 13.1 Å². The van der Waals surface area contributed by atoms with Crippen LogP contribution in [0.25, 0.3) is 0 Å². The second-order valence-corrected chi connectivity index (χ2v) is 6.58. The third-order valence-electron chi connectivity index (χ3n) is 4.70. The lowest BCUT2D eigenvalue weighted by Gasteiger charge is -2.34. The standard InChI is InChI=1S/C21H24N4O/c22-14-19-8-4-5-9-20(19)16-24-10-12-25(13-11-24)17-21(26)23-15-18-6-2-1-3-7-18/h1-9H,10-13,15-17H2,(H,23,26). The van der Waals surface area contributed by atoms with Crippen molar-refractivity contribution in [1.29, 1.82) is 5.26 Å². The van der Waals surface area contributed by atoms with E-state index in [4.69, 9.17) is 0 Å². The fourth-order valence-electron chi connectivity index (χ4n) is 3.17. The molecular formula is C21H24N4O. The third kappa shape index (κ3) is 5.16. The van der Waals surface area contributed by atoms with Gasteiger partial charge in [0.05, 0.1) is 18.2 Å². The molecule has 0 bridgehead atoms. The molecule has 1 fully saturated rings. The minimum absolute atomic E-state index is 0.0668. The first-order valence-electron chi connectivity index (χ1n) is 8.98. The molecule has 0 aromatic heterocycles. The fraction of sp³-hybridized carbons (Fsp3) is 0.333. The number of hydrogen-bond donors (Lipinski definition) is 1. The van der Waals surface area contributed by atoms with Crippen LogP contribution in [0.1, 0.15) is 16.7 Å². The monoisotopic (exact) mass is 348 g/mol. The topological polar surface area (TPSA) is 59.4 Å². The summed E-state index contributed by atoms with van der Waals surface area (Å²) in [5, 5.41) is 12.2. The number of nitrogens with zero attached hydrogens (tertiary/aromatic N) is 3. The molecule has 2 aromatic rings. The van der Waals surface area contributed by atoms with Crippen molar-refractivity contribution >= 4 is 5.91 Å². The van der Waals surface area contributed by atoms with E-state index >= 15 is 0 Å². The Labute approximate surface area is 154 Å². The van der Waals surface area contributed by atoms with Gasteiger partial charge in [0.25, 0.3) is 0 Å². The largest absolute Gasteiger partial charge is 0.351 e. The first kappa shape index (κ1) is 18.1. The Balaban J connectivity index is 1.41. The number of carbonyl (C=O) groups is 1. The van der Waals surface area contributed by atoms with Gasteiger partial charge in [0.15, 0.2) is 0 Å². The average Bonchev–Trinajstić information content (AvgIpc) is 2.69. The zero-order valence-corrected chi connectivity index (χ0v) is 14.9. The second-order valence-electron chi connectivity index (χ2n) is 6.58. The highest BCUT2D eigenvalue weighted by atomic mass is 16.2. The minimum Gasteiger partial charge on any atom is -0.351 e. The molecule has 1 amide bonds. The van der Waals surface area contributed by atoms with E-state index in [0.717, 1.165) is 49.4 Å². The van der Waals surface area contributed by atoms with Crippen LogP contribution in [0.5, 0.6) is 0 Å². The number of carbonyl (C=O) groups excluding carboxylic acids is 1. The summed E-state index contributed by atoms with van der Waals surface area (Å²) < 4.78 is 0. The van der Waals surface area contributed by atoms with Crippen molar-refractivity contribution in [2.24, 2.45) is 0 Å². The molecule has 3 rings (SSSR count). The normalized spacial score (nSPS) is 15.3. The highest BCUT2D eigenvalue weighted by Gasteiger charge is 2.19. The van der Waals surface area contributed by atoms with E-state index in [1.807, 2.05) is 54.6 Å². The number of piperazine rings is 1. The van der Waals surface area contributed by atoms with Crippen LogP contribution in [0, 0.1) is 11.3 Å². The van der Waals surface area contributed by atoms with Gasteiger partial charge in [-0.25, -0.2) is 0 Å². The molecule has 5 heteroatoms. The van der Waals surface area contributed by atoms with Gasteiger partial charge in [-0.05, 0) is 17.2 Å². The van der Waals surface area contributed by atoms with Crippen LogP contribution in [0.4, 0.5) is 0 Å².